The first kappa shape index (κ1) is 16.8. The van der Waals surface area contributed by atoms with Gasteiger partial charge in [-0.2, -0.15) is 0 Å². The van der Waals surface area contributed by atoms with Gasteiger partial charge < -0.3 is 16.0 Å². The summed E-state index contributed by atoms with van der Waals surface area (Å²) >= 11 is 0. The van der Waals surface area contributed by atoms with E-state index in [-0.39, 0.29) is 0 Å². The highest BCUT2D eigenvalue weighted by Gasteiger charge is 2.07. The van der Waals surface area contributed by atoms with Gasteiger partial charge in [-0.25, -0.2) is 4.98 Å². The first-order chi connectivity index (χ1) is 13.2. The molecule has 2 aromatic heterocycles. The van der Waals surface area contributed by atoms with Crippen LogP contribution in [0.4, 0.5) is 0 Å². The second-order valence-corrected chi connectivity index (χ2v) is 6.44. The molecule has 5 nitrogen and oxygen atoms in total. The number of imidazole rings is 1. The fourth-order valence-corrected chi connectivity index (χ4v) is 3.22. The molecule has 0 aliphatic heterocycles. The molecule has 0 spiro atoms. The topological polar surface area (TPSA) is 82.8 Å². The molecule has 4 aromatic rings. The molecule has 0 amide bonds. The van der Waals surface area contributed by atoms with Gasteiger partial charge in [-0.3, -0.25) is 4.98 Å². The van der Waals surface area contributed by atoms with E-state index in [0.29, 0.717) is 5.70 Å². The van der Waals surface area contributed by atoms with Crippen LogP contribution in [0, 0.1) is 0 Å². The maximum Gasteiger partial charge on any atom is 0.107 e. The standard InChI is InChI=1S/C22H21N5/c23-13-20(24)18-8-10-25-21(12-18)22-14-27(15-26-22)11-9-17-6-3-5-16-4-1-2-7-19(16)17/h1-8,10,12-15H,9,11,23-24H2/b20-13-. The number of benzene rings is 2. The molecule has 27 heavy (non-hydrogen) atoms. The summed E-state index contributed by atoms with van der Waals surface area (Å²) in [5.41, 5.74) is 15.7. The van der Waals surface area contributed by atoms with E-state index in [1.165, 1.54) is 22.5 Å². The van der Waals surface area contributed by atoms with E-state index in [0.717, 1.165) is 29.9 Å². The quantitative estimate of drug-likeness (QED) is 0.573. The summed E-state index contributed by atoms with van der Waals surface area (Å²) in [5.74, 6) is 0. The van der Waals surface area contributed by atoms with Gasteiger partial charge >= 0.3 is 0 Å². The molecule has 0 saturated carbocycles. The zero-order chi connectivity index (χ0) is 18.6. The van der Waals surface area contributed by atoms with Crippen LogP contribution in [0.15, 0.2) is 79.5 Å². The van der Waals surface area contributed by atoms with Crippen LogP contribution < -0.4 is 11.5 Å². The number of hydrogen-bond donors (Lipinski definition) is 2. The van der Waals surface area contributed by atoms with Gasteiger partial charge in [0.2, 0.25) is 0 Å². The Morgan fingerprint density at radius 3 is 2.74 bits per heavy atom. The third-order valence-corrected chi connectivity index (χ3v) is 4.69. The van der Waals surface area contributed by atoms with Crippen LogP contribution >= 0.6 is 0 Å². The zero-order valence-corrected chi connectivity index (χ0v) is 14.9. The Kier molecular flexibility index (Phi) is 4.58. The summed E-state index contributed by atoms with van der Waals surface area (Å²) in [6.07, 6.45) is 7.90. The summed E-state index contributed by atoms with van der Waals surface area (Å²) in [6.45, 7) is 0.853. The van der Waals surface area contributed by atoms with Crippen LogP contribution in [0.5, 0.6) is 0 Å². The minimum Gasteiger partial charge on any atom is -0.403 e. The minimum absolute atomic E-state index is 0.522. The van der Waals surface area contributed by atoms with Crippen LogP contribution in [0.25, 0.3) is 27.9 Å². The molecular formula is C22H21N5. The molecule has 0 aliphatic rings. The SMILES string of the molecule is N/C=C(\N)c1ccnc(-c2cn(CCc3cccc4ccccc34)cn2)c1. The Hall–Kier alpha value is -3.60. The molecule has 0 atom stereocenters. The number of pyridine rings is 1. The molecule has 2 heterocycles. The minimum atomic E-state index is 0.522. The van der Waals surface area contributed by atoms with E-state index in [1.807, 2.05) is 24.7 Å². The molecule has 0 saturated heterocycles. The Balaban J connectivity index is 1.53. The summed E-state index contributed by atoms with van der Waals surface area (Å²) < 4.78 is 2.09. The average molecular weight is 355 g/mol. The normalized spacial score (nSPS) is 11.8. The van der Waals surface area contributed by atoms with Crippen molar-refractivity contribution in [3.8, 4) is 11.4 Å². The van der Waals surface area contributed by atoms with Gasteiger partial charge in [0.25, 0.3) is 0 Å². The fourth-order valence-electron chi connectivity index (χ4n) is 3.22. The number of aryl methyl sites for hydroxylation is 2. The van der Waals surface area contributed by atoms with Crippen molar-refractivity contribution in [3.05, 3.63) is 90.6 Å². The monoisotopic (exact) mass is 355 g/mol. The fraction of sp³-hybridized carbons (Fsp3) is 0.0909. The molecule has 4 N–H and O–H groups in total. The van der Waals surface area contributed by atoms with Gasteiger partial charge in [-0.15, -0.1) is 0 Å². The number of fused-ring (bicyclic) bond motifs is 1. The lowest BCUT2D eigenvalue weighted by Crippen LogP contribution is -2.00. The van der Waals surface area contributed by atoms with E-state index in [9.17, 15) is 0 Å². The van der Waals surface area contributed by atoms with E-state index < -0.39 is 0 Å². The lowest BCUT2D eigenvalue weighted by molar-refractivity contribution is 0.698. The van der Waals surface area contributed by atoms with E-state index >= 15 is 0 Å². The molecular weight excluding hydrogens is 334 g/mol. The van der Waals surface area contributed by atoms with E-state index in [4.69, 9.17) is 11.5 Å². The largest absolute Gasteiger partial charge is 0.403 e. The van der Waals surface area contributed by atoms with Crippen molar-refractivity contribution in [3.63, 3.8) is 0 Å². The van der Waals surface area contributed by atoms with Gasteiger partial charge in [0.15, 0.2) is 0 Å². The lowest BCUT2D eigenvalue weighted by atomic mass is 10.0. The third kappa shape index (κ3) is 3.53. The van der Waals surface area contributed by atoms with Gasteiger partial charge in [-0.1, -0.05) is 42.5 Å². The van der Waals surface area contributed by atoms with E-state index in [2.05, 4.69) is 57.0 Å². The van der Waals surface area contributed by atoms with Crippen LogP contribution in [0.3, 0.4) is 0 Å². The number of nitrogens with zero attached hydrogens (tertiary/aromatic N) is 3. The Labute approximate surface area is 158 Å². The predicted molar refractivity (Wildman–Crippen MR) is 109 cm³/mol. The Morgan fingerprint density at radius 2 is 1.85 bits per heavy atom. The maximum absolute atomic E-state index is 5.89. The van der Waals surface area contributed by atoms with Crippen molar-refractivity contribution >= 4 is 16.5 Å². The van der Waals surface area contributed by atoms with Crippen LogP contribution in [0.2, 0.25) is 0 Å². The van der Waals surface area contributed by atoms with Crippen molar-refractivity contribution < 1.29 is 0 Å². The maximum atomic E-state index is 5.89. The second kappa shape index (κ2) is 7.33. The number of rotatable bonds is 5. The summed E-state index contributed by atoms with van der Waals surface area (Å²) in [7, 11) is 0. The number of aromatic nitrogens is 3. The Bertz CT molecular complexity index is 1110. The first-order valence-electron chi connectivity index (χ1n) is 8.87. The molecule has 2 aromatic carbocycles. The molecule has 0 radical (unpaired) electrons. The lowest BCUT2D eigenvalue weighted by Gasteiger charge is -2.07. The molecule has 5 heteroatoms. The molecule has 0 unspecified atom stereocenters. The summed E-state index contributed by atoms with van der Waals surface area (Å²) in [4.78, 5) is 8.90. The number of hydrogen-bond acceptors (Lipinski definition) is 4. The summed E-state index contributed by atoms with van der Waals surface area (Å²) in [6, 6.07) is 18.7. The van der Waals surface area contributed by atoms with Crippen molar-refractivity contribution in [2.24, 2.45) is 11.5 Å². The third-order valence-electron chi connectivity index (χ3n) is 4.69. The van der Waals surface area contributed by atoms with Gasteiger partial charge in [0.1, 0.15) is 5.69 Å². The van der Waals surface area contributed by atoms with Crippen molar-refractivity contribution in [1.82, 2.24) is 14.5 Å². The van der Waals surface area contributed by atoms with E-state index in [1.54, 1.807) is 6.20 Å². The smallest absolute Gasteiger partial charge is 0.107 e. The van der Waals surface area contributed by atoms with Crippen LogP contribution in [-0.4, -0.2) is 14.5 Å². The Morgan fingerprint density at radius 1 is 1.00 bits per heavy atom. The first-order valence-corrected chi connectivity index (χ1v) is 8.87. The van der Waals surface area contributed by atoms with Crippen molar-refractivity contribution in [2.45, 2.75) is 13.0 Å². The molecule has 0 aliphatic carbocycles. The van der Waals surface area contributed by atoms with Gasteiger partial charge in [0.05, 0.1) is 17.7 Å². The highest BCUT2D eigenvalue weighted by molar-refractivity contribution is 5.85. The van der Waals surface area contributed by atoms with Crippen LogP contribution in [-0.2, 0) is 13.0 Å². The highest BCUT2D eigenvalue weighted by atomic mass is 15.0. The average Bonchev–Trinajstić information content (AvgIpc) is 3.21. The highest BCUT2D eigenvalue weighted by Crippen LogP contribution is 2.21. The van der Waals surface area contributed by atoms with Crippen molar-refractivity contribution in [2.75, 3.05) is 0 Å². The zero-order valence-electron chi connectivity index (χ0n) is 14.9. The van der Waals surface area contributed by atoms with Crippen LogP contribution in [0.1, 0.15) is 11.1 Å². The molecule has 0 fully saturated rings. The van der Waals surface area contributed by atoms with Gasteiger partial charge in [-0.05, 0) is 34.9 Å². The second-order valence-electron chi connectivity index (χ2n) is 6.44. The van der Waals surface area contributed by atoms with Crippen molar-refractivity contribution in [1.29, 1.82) is 0 Å². The number of nitrogens with two attached hydrogens (primary N) is 2. The van der Waals surface area contributed by atoms with Gasteiger partial charge in [0, 0.05) is 30.7 Å². The molecule has 4 rings (SSSR count). The predicted octanol–water partition coefficient (Wildman–Crippen LogP) is 3.56. The molecule has 0 bridgehead atoms. The summed E-state index contributed by atoms with van der Waals surface area (Å²) in [5, 5.41) is 2.58. The molecule has 134 valence electrons.